The molecule has 2 aliphatic rings. The van der Waals surface area contributed by atoms with Crippen molar-refractivity contribution in [3.8, 4) is 11.1 Å². The van der Waals surface area contributed by atoms with Crippen LogP contribution in [0.2, 0.25) is 0 Å². The van der Waals surface area contributed by atoms with Gasteiger partial charge in [0, 0.05) is 57.0 Å². The topological polar surface area (TPSA) is 83.7 Å². The quantitative estimate of drug-likeness (QED) is 0.711. The average Bonchev–Trinajstić information content (AvgIpc) is 3.62. The van der Waals surface area contributed by atoms with Crippen LogP contribution in [-0.4, -0.2) is 62.2 Å². The van der Waals surface area contributed by atoms with Gasteiger partial charge in [0.05, 0.1) is 24.4 Å². The fourth-order valence-corrected chi connectivity index (χ4v) is 4.38. The highest BCUT2D eigenvalue weighted by Gasteiger charge is 2.32. The van der Waals surface area contributed by atoms with Crippen molar-refractivity contribution in [2.24, 2.45) is 0 Å². The Kier molecular flexibility index (Phi) is 6.32. The highest BCUT2D eigenvalue weighted by atomic mass is 16.5. The zero-order valence-electron chi connectivity index (χ0n) is 18.7. The number of hydrogen-bond acceptors (Lipinski definition) is 6. The molecule has 2 aromatic rings. The number of benzene rings is 1. The molecule has 0 radical (unpaired) electrons. The lowest BCUT2D eigenvalue weighted by molar-refractivity contribution is -0.134. The lowest BCUT2D eigenvalue weighted by Crippen LogP contribution is -2.54. The third-order valence-electron chi connectivity index (χ3n) is 6.25. The SMILES string of the molecule is CNc1cccc(-c2cc(N)c(N3CCN(C(=O)CCOC)[C@H](C)C3)nc2C2CC2)c1. The molecule has 0 bridgehead atoms. The fourth-order valence-electron chi connectivity index (χ4n) is 4.38. The zero-order valence-corrected chi connectivity index (χ0v) is 18.7. The van der Waals surface area contributed by atoms with E-state index in [1.807, 2.05) is 11.9 Å². The number of pyridine rings is 1. The summed E-state index contributed by atoms with van der Waals surface area (Å²) in [5.41, 5.74) is 11.7. The van der Waals surface area contributed by atoms with Gasteiger partial charge in [0.15, 0.2) is 5.82 Å². The van der Waals surface area contributed by atoms with E-state index in [0.29, 0.717) is 31.2 Å². The standard InChI is InChI=1S/C24H33N5O2/c1-16-15-28(10-11-29(16)22(30)9-12-31-3)24-21(25)14-20(23(27-24)17-7-8-17)18-5-4-6-19(13-18)26-2/h4-6,13-14,16-17,26H,7-12,15,25H2,1-3H3/t16-/m1/s1. The van der Waals surface area contributed by atoms with E-state index in [9.17, 15) is 4.79 Å². The molecule has 7 nitrogen and oxygen atoms in total. The molecule has 166 valence electrons. The first kappa shape index (κ1) is 21.4. The number of aromatic nitrogens is 1. The number of carbonyl (C=O) groups excluding carboxylic acids is 1. The highest BCUT2D eigenvalue weighted by molar-refractivity contribution is 5.79. The number of nitrogen functional groups attached to an aromatic ring is 1. The second kappa shape index (κ2) is 9.14. The van der Waals surface area contributed by atoms with E-state index >= 15 is 0 Å². The predicted molar refractivity (Wildman–Crippen MR) is 125 cm³/mol. The molecule has 4 rings (SSSR count). The summed E-state index contributed by atoms with van der Waals surface area (Å²) < 4.78 is 5.06. The van der Waals surface area contributed by atoms with Crippen LogP contribution in [0.3, 0.4) is 0 Å². The van der Waals surface area contributed by atoms with Crippen molar-refractivity contribution in [2.45, 2.75) is 38.1 Å². The number of nitrogens with one attached hydrogen (secondary N) is 1. The van der Waals surface area contributed by atoms with E-state index in [-0.39, 0.29) is 11.9 Å². The van der Waals surface area contributed by atoms with Gasteiger partial charge in [0.1, 0.15) is 0 Å². The molecule has 0 spiro atoms. The zero-order chi connectivity index (χ0) is 22.0. The summed E-state index contributed by atoms with van der Waals surface area (Å²) in [5.74, 6) is 1.50. The molecular formula is C24H33N5O2. The van der Waals surface area contributed by atoms with Gasteiger partial charge in [-0.2, -0.15) is 0 Å². The van der Waals surface area contributed by atoms with Gasteiger partial charge in [-0.25, -0.2) is 4.98 Å². The Morgan fingerprint density at radius 3 is 2.77 bits per heavy atom. The van der Waals surface area contributed by atoms with Gasteiger partial charge in [-0.05, 0) is 43.5 Å². The third-order valence-corrected chi connectivity index (χ3v) is 6.25. The van der Waals surface area contributed by atoms with Crippen LogP contribution in [0.4, 0.5) is 17.2 Å². The van der Waals surface area contributed by atoms with E-state index in [4.69, 9.17) is 15.5 Å². The third kappa shape index (κ3) is 4.61. The summed E-state index contributed by atoms with van der Waals surface area (Å²) in [6.07, 6.45) is 2.77. The van der Waals surface area contributed by atoms with Crippen molar-refractivity contribution in [3.05, 3.63) is 36.0 Å². The largest absolute Gasteiger partial charge is 0.396 e. The smallest absolute Gasteiger partial charge is 0.225 e. The van der Waals surface area contributed by atoms with Crippen LogP contribution < -0.4 is 16.0 Å². The van der Waals surface area contributed by atoms with Crippen molar-refractivity contribution >= 4 is 23.1 Å². The number of hydrogen-bond donors (Lipinski definition) is 2. The molecular weight excluding hydrogens is 390 g/mol. The molecule has 1 aliphatic carbocycles. The molecule has 31 heavy (non-hydrogen) atoms. The maximum absolute atomic E-state index is 12.5. The van der Waals surface area contributed by atoms with Gasteiger partial charge in [-0.3, -0.25) is 4.79 Å². The molecule has 1 saturated heterocycles. The van der Waals surface area contributed by atoms with Crippen molar-refractivity contribution in [3.63, 3.8) is 0 Å². The van der Waals surface area contributed by atoms with Gasteiger partial charge in [0.25, 0.3) is 0 Å². The number of piperazine rings is 1. The van der Waals surface area contributed by atoms with Crippen molar-refractivity contribution in [1.82, 2.24) is 9.88 Å². The number of amides is 1. The fraction of sp³-hybridized carbons (Fsp3) is 0.500. The minimum absolute atomic E-state index is 0.107. The van der Waals surface area contributed by atoms with Crippen molar-refractivity contribution in [1.29, 1.82) is 0 Å². The Balaban J connectivity index is 1.59. The molecule has 1 saturated carbocycles. The summed E-state index contributed by atoms with van der Waals surface area (Å²) in [6.45, 7) is 4.69. The number of methoxy groups -OCH3 is 1. The number of rotatable bonds is 7. The Morgan fingerprint density at radius 2 is 2.10 bits per heavy atom. The molecule has 2 heterocycles. The predicted octanol–water partition coefficient (Wildman–Crippen LogP) is 3.32. The summed E-state index contributed by atoms with van der Waals surface area (Å²) in [4.78, 5) is 21.8. The number of carbonyl (C=O) groups is 1. The molecule has 1 atom stereocenters. The van der Waals surface area contributed by atoms with Gasteiger partial charge < -0.3 is 25.6 Å². The van der Waals surface area contributed by atoms with Crippen molar-refractivity contribution < 1.29 is 9.53 Å². The summed E-state index contributed by atoms with van der Waals surface area (Å²) in [5, 5.41) is 3.21. The number of anilines is 3. The molecule has 1 aromatic carbocycles. The number of ether oxygens (including phenoxy) is 1. The number of nitrogens with two attached hydrogens (primary N) is 1. The van der Waals surface area contributed by atoms with Crippen LogP contribution in [0.15, 0.2) is 30.3 Å². The van der Waals surface area contributed by atoms with Crippen molar-refractivity contribution in [2.75, 3.05) is 56.3 Å². The summed E-state index contributed by atoms with van der Waals surface area (Å²) >= 11 is 0. The van der Waals surface area contributed by atoms with E-state index in [0.717, 1.165) is 41.4 Å². The molecule has 2 fully saturated rings. The second-order valence-corrected chi connectivity index (χ2v) is 8.56. The highest BCUT2D eigenvalue weighted by Crippen LogP contribution is 2.45. The van der Waals surface area contributed by atoms with Crippen LogP contribution in [-0.2, 0) is 9.53 Å². The van der Waals surface area contributed by atoms with E-state index in [1.165, 1.54) is 12.8 Å². The first-order valence-corrected chi connectivity index (χ1v) is 11.1. The molecule has 1 amide bonds. The van der Waals surface area contributed by atoms with Crippen LogP contribution in [0.1, 0.15) is 37.8 Å². The average molecular weight is 424 g/mol. The lowest BCUT2D eigenvalue weighted by atomic mass is 10.00. The minimum Gasteiger partial charge on any atom is -0.396 e. The molecule has 7 heteroatoms. The second-order valence-electron chi connectivity index (χ2n) is 8.56. The monoisotopic (exact) mass is 423 g/mol. The molecule has 1 aliphatic heterocycles. The van der Waals surface area contributed by atoms with Gasteiger partial charge in [-0.15, -0.1) is 0 Å². The van der Waals surface area contributed by atoms with Crippen LogP contribution in [0, 0.1) is 0 Å². The Bertz CT molecular complexity index is 944. The van der Waals surface area contributed by atoms with E-state index in [1.54, 1.807) is 7.11 Å². The van der Waals surface area contributed by atoms with E-state index in [2.05, 4.69) is 47.5 Å². The maximum Gasteiger partial charge on any atom is 0.225 e. The number of nitrogens with zero attached hydrogens (tertiary/aromatic N) is 3. The first-order chi connectivity index (χ1) is 15.0. The minimum atomic E-state index is 0.107. The van der Waals surface area contributed by atoms with Crippen LogP contribution in [0.25, 0.3) is 11.1 Å². The Morgan fingerprint density at radius 1 is 1.29 bits per heavy atom. The van der Waals surface area contributed by atoms with E-state index < -0.39 is 0 Å². The Labute approximate surface area is 184 Å². The summed E-state index contributed by atoms with van der Waals surface area (Å²) in [7, 11) is 3.55. The van der Waals surface area contributed by atoms with Crippen LogP contribution >= 0.6 is 0 Å². The van der Waals surface area contributed by atoms with Gasteiger partial charge >= 0.3 is 0 Å². The first-order valence-electron chi connectivity index (χ1n) is 11.1. The Hall–Kier alpha value is -2.80. The molecule has 3 N–H and O–H groups in total. The molecule has 1 aromatic heterocycles. The van der Waals surface area contributed by atoms with Gasteiger partial charge in [-0.1, -0.05) is 12.1 Å². The lowest BCUT2D eigenvalue weighted by Gasteiger charge is -2.41. The summed E-state index contributed by atoms with van der Waals surface area (Å²) in [6, 6.07) is 10.6. The van der Waals surface area contributed by atoms with Crippen LogP contribution in [0.5, 0.6) is 0 Å². The maximum atomic E-state index is 12.5. The van der Waals surface area contributed by atoms with Gasteiger partial charge in [0.2, 0.25) is 5.91 Å². The normalized spacial score (nSPS) is 18.9. The molecule has 0 unspecified atom stereocenters.